The highest BCUT2D eigenvalue weighted by atomic mass is 127. The third-order valence-corrected chi connectivity index (χ3v) is 5.66. The Labute approximate surface area is 182 Å². The van der Waals surface area contributed by atoms with Crippen molar-refractivity contribution < 1.29 is 5.11 Å². The predicted molar refractivity (Wildman–Crippen MR) is 123 cm³/mol. The van der Waals surface area contributed by atoms with E-state index < -0.39 is 5.60 Å². The Morgan fingerprint density at radius 3 is 2.65 bits per heavy atom. The monoisotopic (exact) mass is 536 g/mol. The first kappa shape index (κ1) is 21.8. The Kier molecular flexibility index (Phi) is 8.47. The lowest BCUT2D eigenvalue weighted by Gasteiger charge is -2.22. The van der Waals surface area contributed by atoms with Crippen LogP contribution in [0.5, 0.6) is 0 Å². The molecule has 3 rings (SSSR count). The third kappa shape index (κ3) is 5.99. The molecule has 0 spiro atoms. The molecule has 1 aromatic rings. The van der Waals surface area contributed by atoms with E-state index in [1.807, 2.05) is 0 Å². The zero-order valence-electron chi connectivity index (χ0n) is 15.4. The van der Waals surface area contributed by atoms with Crippen LogP contribution < -0.4 is 15.5 Å². The lowest BCUT2D eigenvalue weighted by Crippen LogP contribution is -2.45. The Morgan fingerprint density at radius 1 is 1.31 bits per heavy atom. The molecule has 2 fully saturated rings. The molecule has 2 aliphatic rings. The summed E-state index contributed by atoms with van der Waals surface area (Å²) >= 11 is 3.49. The Bertz CT molecular complexity index is 590. The Morgan fingerprint density at radius 2 is 2.00 bits per heavy atom. The summed E-state index contributed by atoms with van der Waals surface area (Å²) in [5.74, 6) is 0.825. The van der Waals surface area contributed by atoms with E-state index in [4.69, 9.17) is 0 Å². The van der Waals surface area contributed by atoms with Crippen LogP contribution in [0.25, 0.3) is 0 Å². The van der Waals surface area contributed by atoms with Crippen LogP contribution in [0.2, 0.25) is 0 Å². The van der Waals surface area contributed by atoms with Crippen molar-refractivity contribution >= 4 is 51.6 Å². The number of rotatable bonds is 5. The molecule has 0 amide bonds. The number of aliphatic imine (C=N–C) groups is 1. The summed E-state index contributed by atoms with van der Waals surface area (Å²) in [5, 5.41) is 17.4. The fourth-order valence-electron chi connectivity index (χ4n) is 3.70. The van der Waals surface area contributed by atoms with Crippen LogP contribution in [-0.4, -0.2) is 48.9 Å². The second kappa shape index (κ2) is 10.1. The molecule has 1 heterocycles. The van der Waals surface area contributed by atoms with Crippen LogP contribution in [0.1, 0.15) is 39.0 Å². The molecular weight excluding hydrogens is 507 g/mol. The standard InChI is InChI=1S/C19H29BrN4O.HI/c1-2-21-18(22-14-19(25)10-3-4-11-19)23-16-9-12-24(13-16)17-7-5-15(20)6-8-17;/h5-8,16,25H,2-4,9-14H2,1H3,(H2,21,22,23);1H. The highest BCUT2D eigenvalue weighted by molar-refractivity contribution is 14.0. The van der Waals surface area contributed by atoms with E-state index in [9.17, 15) is 5.11 Å². The number of nitrogens with one attached hydrogen (secondary N) is 2. The molecule has 1 saturated carbocycles. The second-order valence-corrected chi connectivity index (χ2v) is 8.09. The van der Waals surface area contributed by atoms with Gasteiger partial charge in [0.25, 0.3) is 0 Å². The summed E-state index contributed by atoms with van der Waals surface area (Å²) in [7, 11) is 0. The van der Waals surface area contributed by atoms with E-state index in [1.54, 1.807) is 0 Å². The summed E-state index contributed by atoms with van der Waals surface area (Å²) in [6, 6.07) is 8.86. The first-order valence-electron chi connectivity index (χ1n) is 9.36. The van der Waals surface area contributed by atoms with Crippen molar-refractivity contribution in [2.75, 3.05) is 31.1 Å². The van der Waals surface area contributed by atoms with Gasteiger partial charge in [-0.1, -0.05) is 28.8 Å². The molecule has 146 valence electrons. The second-order valence-electron chi connectivity index (χ2n) is 7.18. The summed E-state index contributed by atoms with van der Waals surface area (Å²) < 4.78 is 1.11. The van der Waals surface area contributed by atoms with Gasteiger partial charge < -0.3 is 20.6 Å². The van der Waals surface area contributed by atoms with Crippen LogP contribution in [0.15, 0.2) is 33.7 Å². The largest absolute Gasteiger partial charge is 0.388 e. The maximum absolute atomic E-state index is 10.5. The molecule has 5 nitrogen and oxygen atoms in total. The predicted octanol–water partition coefficient (Wildman–Crippen LogP) is 3.51. The minimum Gasteiger partial charge on any atom is -0.388 e. The number of benzene rings is 1. The van der Waals surface area contributed by atoms with E-state index in [1.165, 1.54) is 5.69 Å². The van der Waals surface area contributed by atoms with E-state index >= 15 is 0 Å². The molecule has 26 heavy (non-hydrogen) atoms. The number of hydrogen-bond donors (Lipinski definition) is 3. The van der Waals surface area contributed by atoms with Gasteiger partial charge in [-0.15, -0.1) is 24.0 Å². The summed E-state index contributed by atoms with van der Waals surface area (Å²) in [4.78, 5) is 7.06. The molecule has 0 bridgehead atoms. The molecule has 0 radical (unpaired) electrons. The highest BCUT2D eigenvalue weighted by Crippen LogP contribution is 2.29. The normalized spacial score (nSPS) is 22.2. The van der Waals surface area contributed by atoms with Crippen molar-refractivity contribution in [1.82, 2.24) is 10.6 Å². The van der Waals surface area contributed by atoms with E-state index in [-0.39, 0.29) is 24.0 Å². The van der Waals surface area contributed by atoms with Gasteiger partial charge in [0.1, 0.15) is 0 Å². The average Bonchev–Trinajstić information content (AvgIpc) is 3.24. The van der Waals surface area contributed by atoms with Gasteiger partial charge in [0.2, 0.25) is 0 Å². The molecule has 1 aliphatic carbocycles. The van der Waals surface area contributed by atoms with Crippen LogP contribution in [0.3, 0.4) is 0 Å². The van der Waals surface area contributed by atoms with Crippen LogP contribution >= 0.6 is 39.9 Å². The van der Waals surface area contributed by atoms with Crippen molar-refractivity contribution in [2.45, 2.75) is 50.7 Å². The molecule has 1 unspecified atom stereocenters. The molecule has 1 aliphatic heterocycles. The van der Waals surface area contributed by atoms with Crippen LogP contribution in [0.4, 0.5) is 5.69 Å². The van der Waals surface area contributed by atoms with Crippen molar-refractivity contribution in [3.63, 3.8) is 0 Å². The van der Waals surface area contributed by atoms with Gasteiger partial charge in [-0.25, -0.2) is 0 Å². The smallest absolute Gasteiger partial charge is 0.191 e. The lowest BCUT2D eigenvalue weighted by molar-refractivity contribution is 0.0574. The fraction of sp³-hybridized carbons (Fsp3) is 0.632. The number of hydrogen-bond acceptors (Lipinski definition) is 3. The Hall–Kier alpha value is -0.540. The zero-order valence-corrected chi connectivity index (χ0v) is 19.3. The molecule has 0 aromatic heterocycles. The van der Waals surface area contributed by atoms with Crippen molar-refractivity contribution in [3.05, 3.63) is 28.7 Å². The van der Waals surface area contributed by atoms with E-state index in [2.05, 4.69) is 67.6 Å². The van der Waals surface area contributed by atoms with Gasteiger partial charge in [-0.3, -0.25) is 4.99 Å². The molecule has 7 heteroatoms. The first-order chi connectivity index (χ1) is 12.1. The van der Waals surface area contributed by atoms with Crippen LogP contribution in [-0.2, 0) is 0 Å². The van der Waals surface area contributed by atoms with Gasteiger partial charge in [0.05, 0.1) is 12.1 Å². The van der Waals surface area contributed by atoms with Gasteiger partial charge in [0, 0.05) is 35.8 Å². The zero-order chi connectivity index (χ0) is 17.7. The fourth-order valence-corrected chi connectivity index (χ4v) is 3.96. The van der Waals surface area contributed by atoms with Gasteiger partial charge in [-0.2, -0.15) is 0 Å². The minimum atomic E-state index is -0.596. The first-order valence-corrected chi connectivity index (χ1v) is 10.1. The van der Waals surface area contributed by atoms with Gasteiger partial charge in [0.15, 0.2) is 5.96 Å². The summed E-state index contributed by atoms with van der Waals surface area (Å²) in [6.07, 6.45) is 5.06. The van der Waals surface area contributed by atoms with Crippen LogP contribution in [0, 0.1) is 0 Å². The number of guanidine groups is 1. The average molecular weight is 537 g/mol. The van der Waals surface area contributed by atoms with Crippen molar-refractivity contribution in [2.24, 2.45) is 4.99 Å². The Balaban J connectivity index is 0.00000243. The molecule has 1 atom stereocenters. The molecule has 1 aromatic carbocycles. The highest BCUT2D eigenvalue weighted by Gasteiger charge is 2.31. The SMILES string of the molecule is CCNC(=NCC1(O)CCCC1)NC1CCN(c2ccc(Br)cc2)C1.I. The maximum Gasteiger partial charge on any atom is 0.191 e. The third-order valence-electron chi connectivity index (χ3n) is 5.13. The molecule has 1 saturated heterocycles. The number of aliphatic hydroxyl groups is 1. The lowest BCUT2D eigenvalue weighted by atomic mass is 10.0. The quantitative estimate of drug-likeness (QED) is 0.306. The van der Waals surface area contributed by atoms with Crippen molar-refractivity contribution in [3.8, 4) is 0 Å². The summed E-state index contributed by atoms with van der Waals surface area (Å²) in [6.45, 7) is 5.40. The van der Waals surface area contributed by atoms with Gasteiger partial charge in [-0.05, 0) is 50.5 Å². The molecular formula is C19H30BrIN4O. The molecule has 3 N–H and O–H groups in total. The summed E-state index contributed by atoms with van der Waals surface area (Å²) in [5.41, 5.74) is 0.663. The topological polar surface area (TPSA) is 59.9 Å². The number of anilines is 1. The minimum absolute atomic E-state index is 0. The van der Waals surface area contributed by atoms with Crippen molar-refractivity contribution in [1.29, 1.82) is 0 Å². The number of halogens is 2. The van der Waals surface area contributed by atoms with Gasteiger partial charge >= 0.3 is 0 Å². The van der Waals surface area contributed by atoms with E-state index in [0.717, 1.165) is 62.2 Å². The number of nitrogens with zero attached hydrogens (tertiary/aromatic N) is 2. The maximum atomic E-state index is 10.5. The van der Waals surface area contributed by atoms with E-state index in [0.29, 0.717) is 12.6 Å².